The summed E-state index contributed by atoms with van der Waals surface area (Å²) in [4.78, 5) is 17.1. The first-order valence-electron chi connectivity index (χ1n) is 9.00. The minimum absolute atomic E-state index is 0.0595. The van der Waals surface area contributed by atoms with Crippen LogP contribution < -0.4 is 16.2 Å². The van der Waals surface area contributed by atoms with Crippen molar-refractivity contribution in [2.24, 2.45) is 5.92 Å². The zero-order valence-electron chi connectivity index (χ0n) is 14.4. The van der Waals surface area contributed by atoms with Gasteiger partial charge in [0.25, 0.3) is 0 Å². The van der Waals surface area contributed by atoms with Crippen LogP contribution in [-0.4, -0.2) is 23.0 Å². The van der Waals surface area contributed by atoms with Crippen molar-refractivity contribution in [3.63, 3.8) is 0 Å². The lowest BCUT2D eigenvalue weighted by atomic mass is 9.94. The van der Waals surface area contributed by atoms with E-state index in [2.05, 4.69) is 52.3 Å². The average Bonchev–Trinajstić information content (AvgIpc) is 3.25. The van der Waals surface area contributed by atoms with Gasteiger partial charge < -0.3 is 5.32 Å². The van der Waals surface area contributed by atoms with Crippen molar-refractivity contribution in [2.45, 2.75) is 44.3 Å². The number of carbonyl (C=O) groups excluding carboxylic acids is 1. The lowest BCUT2D eigenvalue weighted by molar-refractivity contribution is -0.124. The van der Waals surface area contributed by atoms with Gasteiger partial charge in [-0.15, -0.1) is 0 Å². The van der Waals surface area contributed by atoms with Crippen molar-refractivity contribution < 1.29 is 4.79 Å². The molecule has 1 aliphatic heterocycles. The van der Waals surface area contributed by atoms with Crippen molar-refractivity contribution in [2.75, 3.05) is 0 Å². The van der Waals surface area contributed by atoms with Crippen LogP contribution in [0.3, 0.4) is 0 Å². The Labute approximate surface area is 148 Å². The second-order valence-corrected chi connectivity index (χ2v) is 7.10. The summed E-state index contributed by atoms with van der Waals surface area (Å²) in [5.74, 6) is 0.445. The molecule has 4 unspecified atom stereocenters. The molecular formula is C20H24N4O. The molecule has 2 aromatic rings. The molecule has 130 valence electrons. The highest BCUT2D eigenvalue weighted by Gasteiger charge is 2.43. The first kappa shape index (κ1) is 16.2. The molecule has 3 N–H and O–H groups in total. The molecule has 4 rings (SSSR count). The van der Waals surface area contributed by atoms with E-state index in [1.54, 1.807) is 12.4 Å². The molecule has 0 spiro atoms. The topological polar surface area (TPSA) is 66.1 Å². The highest BCUT2D eigenvalue weighted by atomic mass is 16.2. The summed E-state index contributed by atoms with van der Waals surface area (Å²) in [6.45, 7) is 2.07. The third-order valence-corrected chi connectivity index (χ3v) is 5.44. The Kier molecular flexibility index (Phi) is 4.51. The van der Waals surface area contributed by atoms with E-state index in [-0.39, 0.29) is 18.0 Å². The van der Waals surface area contributed by atoms with Gasteiger partial charge in [-0.3, -0.25) is 15.2 Å². The van der Waals surface area contributed by atoms with Crippen LogP contribution in [0.5, 0.6) is 0 Å². The minimum atomic E-state index is -0.168. The fourth-order valence-corrected chi connectivity index (χ4v) is 4.04. The van der Waals surface area contributed by atoms with E-state index in [0.29, 0.717) is 12.0 Å². The maximum absolute atomic E-state index is 13.0. The largest absolute Gasteiger partial charge is 0.344 e. The smallest absolute Gasteiger partial charge is 0.239 e. The van der Waals surface area contributed by atoms with Crippen LogP contribution in [0.2, 0.25) is 0 Å². The molecule has 1 aromatic heterocycles. The number of pyridine rings is 1. The lowest BCUT2D eigenvalue weighted by Crippen LogP contribution is -2.47. The number of benzene rings is 1. The molecule has 5 heteroatoms. The van der Waals surface area contributed by atoms with E-state index in [1.807, 2.05) is 12.1 Å². The van der Waals surface area contributed by atoms with Crippen LogP contribution in [0.4, 0.5) is 0 Å². The summed E-state index contributed by atoms with van der Waals surface area (Å²) in [5.41, 5.74) is 9.82. The van der Waals surface area contributed by atoms with Gasteiger partial charge in [0.15, 0.2) is 0 Å². The van der Waals surface area contributed by atoms with E-state index in [9.17, 15) is 4.79 Å². The van der Waals surface area contributed by atoms with Gasteiger partial charge in [0, 0.05) is 24.4 Å². The van der Waals surface area contributed by atoms with Gasteiger partial charge in [-0.05, 0) is 43.0 Å². The summed E-state index contributed by atoms with van der Waals surface area (Å²) in [7, 11) is 0. The van der Waals surface area contributed by atoms with Crippen LogP contribution in [0.25, 0.3) is 0 Å². The van der Waals surface area contributed by atoms with Crippen LogP contribution in [0, 0.1) is 12.8 Å². The first-order chi connectivity index (χ1) is 12.2. The standard InChI is InChI=1S/C20H24N4O/c1-13-5-7-14(8-6-13)18(15-9-11-21-12-10-15)22-20(25)19-16-3-2-4-17(16)23-24-19/h5-12,16-19,23-24H,2-4H2,1H3,(H,22,25). The molecule has 2 aliphatic rings. The van der Waals surface area contributed by atoms with E-state index in [0.717, 1.165) is 24.0 Å². The Morgan fingerprint density at radius 2 is 1.80 bits per heavy atom. The Morgan fingerprint density at radius 3 is 2.56 bits per heavy atom. The molecule has 1 aliphatic carbocycles. The van der Waals surface area contributed by atoms with Gasteiger partial charge in [0.2, 0.25) is 5.91 Å². The third-order valence-electron chi connectivity index (χ3n) is 5.44. The molecule has 0 radical (unpaired) electrons. The predicted molar refractivity (Wildman–Crippen MR) is 96.6 cm³/mol. The Morgan fingerprint density at radius 1 is 1.08 bits per heavy atom. The number of carbonyl (C=O) groups is 1. The second kappa shape index (κ2) is 6.94. The van der Waals surface area contributed by atoms with Crippen molar-refractivity contribution in [3.05, 3.63) is 65.5 Å². The molecule has 2 fully saturated rings. The second-order valence-electron chi connectivity index (χ2n) is 7.10. The van der Waals surface area contributed by atoms with E-state index in [4.69, 9.17) is 0 Å². The Hall–Kier alpha value is -2.24. The van der Waals surface area contributed by atoms with E-state index < -0.39 is 0 Å². The van der Waals surface area contributed by atoms with Gasteiger partial charge >= 0.3 is 0 Å². The van der Waals surface area contributed by atoms with E-state index >= 15 is 0 Å². The average molecular weight is 336 g/mol. The van der Waals surface area contributed by atoms with Gasteiger partial charge in [-0.25, -0.2) is 5.43 Å². The zero-order valence-corrected chi connectivity index (χ0v) is 14.4. The third kappa shape index (κ3) is 3.30. The maximum Gasteiger partial charge on any atom is 0.239 e. The maximum atomic E-state index is 13.0. The Bertz CT molecular complexity index is 731. The Balaban J connectivity index is 1.58. The van der Waals surface area contributed by atoms with E-state index in [1.165, 1.54) is 12.0 Å². The highest BCUT2D eigenvalue weighted by Crippen LogP contribution is 2.32. The van der Waals surface area contributed by atoms with Crippen LogP contribution in [0.1, 0.15) is 42.0 Å². The lowest BCUT2D eigenvalue weighted by Gasteiger charge is -2.24. The zero-order chi connectivity index (χ0) is 17.2. The van der Waals surface area contributed by atoms with Gasteiger partial charge in [-0.1, -0.05) is 36.2 Å². The highest BCUT2D eigenvalue weighted by molar-refractivity contribution is 5.83. The number of aromatic nitrogens is 1. The number of nitrogens with zero attached hydrogens (tertiary/aromatic N) is 1. The summed E-state index contributed by atoms with van der Waals surface area (Å²) in [6, 6.07) is 12.3. The molecular weight excluding hydrogens is 312 g/mol. The SMILES string of the molecule is Cc1ccc(C(NC(=O)C2NNC3CCCC32)c2ccncc2)cc1. The molecule has 5 nitrogen and oxygen atoms in total. The molecule has 1 saturated carbocycles. The fraction of sp³-hybridized carbons (Fsp3) is 0.400. The number of nitrogens with one attached hydrogen (secondary N) is 3. The van der Waals surface area contributed by atoms with Crippen molar-refractivity contribution in [1.82, 2.24) is 21.2 Å². The molecule has 0 bridgehead atoms. The van der Waals surface area contributed by atoms with Crippen LogP contribution in [-0.2, 0) is 4.79 Å². The number of aryl methyl sites for hydroxylation is 1. The number of hydrazine groups is 1. The fourth-order valence-electron chi connectivity index (χ4n) is 4.04. The van der Waals surface area contributed by atoms with Gasteiger partial charge in [0.05, 0.1) is 6.04 Å². The molecule has 2 heterocycles. The van der Waals surface area contributed by atoms with Crippen LogP contribution >= 0.6 is 0 Å². The number of fused-ring (bicyclic) bond motifs is 1. The quantitative estimate of drug-likeness (QED) is 0.801. The first-order valence-corrected chi connectivity index (χ1v) is 9.00. The molecule has 4 atom stereocenters. The number of rotatable bonds is 4. The normalized spacial score (nSPS) is 26.2. The monoisotopic (exact) mass is 336 g/mol. The summed E-state index contributed by atoms with van der Waals surface area (Å²) in [6.07, 6.45) is 6.98. The summed E-state index contributed by atoms with van der Waals surface area (Å²) < 4.78 is 0. The van der Waals surface area contributed by atoms with Gasteiger partial charge in [-0.2, -0.15) is 0 Å². The van der Waals surface area contributed by atoms with Crippen molar-refractivity contribution in [3.8, 4) is 0 Å². The molecule has 1 saturated heterocycles. The number of hydrogen-bond acceptors (Lipinski definition) is 4. The molecule has 25 heavy (non-hydrogen) atoms. The van der Waals surface area contributed by atoms with Crippen molar-refractivity contribution >= 4 is 5.91 Å². The van der Waals surface area contributed by atoms with Crippen LogP contribution in [0.15, 0.2) is 48.8 Å². The van der Waals surface area contributed by atoms with Gasteiger partial charge in [0.1, 0.15) is 6.04 Å². The minimum Gasteiger partial charge on any atom is -0.344 e. The number of hydrogen-bond donors (Lipinski definition) is 3. The molecule has 1 aromatic carbocycles. The molecule has 1 amide bonds. The predicted octanol–water partition coefficient (Wildman–Crippen LogP) is 2.24. The van der Waals surface area contributed by atoms with Crippen molar-refractivity contribution in [1.29, 1.82) is 0 Å². The summed E-state index contributed by atoms with van der Waals surface area (Å²) in [5, 5.41) is 3.25. The number of amides is 1. The summed E-state index contributed by atoms with van der Waals surface area (Å²) >= 11 is 0.